The zero-order valence-electron chi connectivity index (χ0n) is 13.5. The van der Waals surface area contributed by atoms with Crippen LogP contribution in [0.15, 0.2) is 18.2 Å². The summed E-state index contributed by atoms with van der Waals surface area (Å²) < 4.78 is 10.5. The molecule has 1 aromatic carbocycles. The number of hydrogen-bond donors (Lipinski definition) is 2. The second-order valence-electron chi connectivity index (χ2n) is 5.89. The van der Waals surface area contributed by atoms with Crippen molar-refractivity contribution in [2.24, 2.45) is 5.73 Å². The monoisotopic (exact) mass is 294 g/mol. The van der Waals surface area contributed by atoms with Gasteiger partial charge in [0.25, 0.3) is 0 Å². The molecule has 21 heavy (non-hydrogen) atoms. The van der Waals surface area contributed by atoms with Crippen molar-refractivity contribution < 1.29 is 14.3 Å². The molecule has 118 valence electrons. The molecular formula is C16H26N2O3. The van der Waals surface area contributed by atoms with Crippen LogP contribution in [0.4, 0.5) is 0 Å². The molecule has 0 saturated heterocycles. The maximum atomic E-state index is 12.0. The van der Waals surface area contributed by atoms with Crippen LogP contribution in [0.5, 0.6) is 11.5 Å². The van der Waals surface area contributed by atoms with Gasteiger partial charge in [0, 0.05) is 23.6 Å². The fourth-order valence-electron chi connectivity index (χ4n) is 2.00. The summed E-state index contributed by atoms with van der Waals surface area (Å²) in [5.74, 6) is 1.40. The van der Waals surface area contributed by atoms with Gasteiger partial charge in [0.15, 0.2) is 0 Å². The Hall–Kier alpha value is -1.75. The first-order chi connectivity index (χ1) is 9.76. The van der Waals surface area contributed by atoms with Crippen molar-refractivity contribution >= 4 is 5.91 Å². The SMILES string of the molecule is COc1ccc(C(C)NC(=O)CCC(C)(C)N)c(OC)c1. The molecule has 5 nitrogen and oxygen atoms in total. The first kappa shape index (κ1) is 17.3. The Kier molecular flexibility index (Phi) is 6.03. The van der Waals surface area contributed by atoms with Gasteiger partial charge in [-0.3, -0.25) is 4.79 Å². The van der Waals surface area contributed by atoms with Crippen LogP contribution < -0.4 is 20.5 Å². The number of hydrogen-bond acceptors (Lipinski definition) is 4. The predicted octanol–water partition coefficient (Wildman–Crippen LogP) is 2.40. The van der Waals surface area contributed by atoms with E-state index in [9.17, 15) is 4.79 Å². The Bertz CT molecular complexity index is 481. The number of carbonyl (C=O) groups is 1. The van der Waals surface area contributed by atoms with Gasteiger partial charge in [-0.05, 0) is 39.3 Å². The summed E-state index contributed by atoms with van der Waals surface area (Å²) >= 11 is 0. The van der Waals surface area contributed by atoms with Crippen LogP contribution in [0, 0.1) is 0 Å². The highest BCUT2D eigenvalue weighted by Crippen LogP contribution is 2.29. The average molecular weight is 294 g/mol. The first-order valence-electron chi connectivity index (χ1n) is 7.07. The summed E-state index contributed by atoms with van der Waals surface area (Å²) in [4.78, 5) is 12.0. The largest absolute Gasteiger partial charge is 0.497 e. The Morgan fingerprint density at radius 2 is 2.00 bits per heavy atom. The minimum absolute atomic E-state index is 0.0149. The predicted molar refractivity (Wildman–Crippen MR) is 83.6 cm³/mol. The molecule has 3 N–H and O–H groups in total. The van der Waals surface area contributed by atoms with Crippen molar-refractivity contribution in [2.45, 2.75) is 45.2 Å². The van der Waals surface area contributed by atoms with E-state index in [0.29, 0.717) is 18.6 Å². The maximum Gasteiger partial charge on any atom is 0.220 e. The highest BCUT2D eigenvalue weighted by Gasteiger charge is 2.17. The fourth-order valence-corrected chi connectivity index (χ4v) is 2.00. The molecule has 0 radical (unpaired) electrons. The summed E-state index contributed by atoms with van der Waals surface area (Å²) in [5, 5.41) is 2.97. The molecule has 5 heteroatoms. The lowest BCUT2D eigenvalue weighted by molar-refractivity contribution is -0.122. The van der Waals surface area contributed by atoms with Gasteiger partial charge in [-0.2, -0.15) is 0 Å². The third kappa shape index (κ3) is 5.63. The Morgan fingerprint density at radius 3 is 2.52 bits per heavy atom. The summed E-state index contributed by atoms with van der Waals surface area (Å²) in [7, 11) is 3.21. The first-order valence-corrected chi connectivity index (χ1v) is 7.07. The minimum atomic E-state index is -0.335. The number of ether oxygens (including phenoxy) is 2. The molecular weight excluding hydrogens is 268 g/mol. The normalized spacial score (nSPS) is 12.7. The number of benzene rings is 1. The van der Waals surface area contributed by atoms with Gasteiger partial charge in [0.05, 0.1) is 20.3 Å². The van der Waals surface area contributed by atoms with E-state index in [-0.39, 0.29) is 17.5 Å². The van der Waals surface area contributed by atoms with Crippen LogP contribution in [-0.4, -0.2) is 25.7 Å². The Balaban J connectivity index is 2.71. The lowest BCUT2D eigenvalue weighted by Crippen LogP contribution is -2.35. The van der Waals surface area contributed by atoms with E-state index in [1.165, 1.54) is 0 Å². The quantitative estimate of drug-likeness (QED) is 0.810. The second-order valence-corrected chi connectivity index (χ2v) is 5.89. The molecule has 1 unspecified atom stereocenters. The number of rotatable bonds is 7. The molecule has 0 aromatic heterocycles. The van der Waals surface area contributed by atoms with Gasteiger partial charge < -0.3 is 20.5 Å². The fraction of sp³-hybridized carbons (Fsp3) is 0.562. The van der Waals surface area contributed by atoms with Crippen LogP contribution >= 0.6 is 0 Å². The Morgan fingerprint density at radius 1 is 1.33 bits per heavy atom. The summed E-state index contributed by atoms with van der Waals surface area (Å²) in [6.07, 6.45) is 1.05. The van der Waals surface area contributed by atoms with E-state index in [0.717, 1.165) is 11.3 Å². The molecule has 0 fully saturated rings. The van der Waals surface area contributed by atoms with Gasteiger partial charge in [-0.1, -0.05) is 0 Å². The van der Waals surface area contributed by atoms with Gasteiger partial charge in [-0.15, -0.1) is 0 Å². The van der Waals surface area contributed by atoms with Crippen molar-refractivity contribution in [3.8, 4) is 11.5 Å². The lowest BCUT2D eigenvalue weighted by Gasteiger charge is -2.20. The number of nitrogens with two attached hydrogens (primary N) is 1. The molecule has 1 amide bonds. The molecule has 0 bridgehead atoms. The van der Waals surface area contributed by atoms with Crippen LogP contribution in [0.3, 0.4) is 0 Å². The third-order valence-corrected chi connectivity index (χ3v) is 3.28. The van der Waals surface area contributed by atoms with Crippen LogP contribution in [-0.2, 0) is 4.79 Å². The van der Waals surface area contributed by atoms with E-state index in [1.54, 1.807) is 20.3 Å². The standard InChI is InChI=1S/C16H26N2O3/c1-11(18-15(19)8-9-16(2,3)17)13-7-6-12(20-4)10-14(13)21-5/h6-7,10-11H,8-9,17H2,1-5H3,(H,18,19). The summed E-state index contributed by atoms with van der Waals surface area (Å²) in [6, 6.07) is 5.42. The molecule has 1 atom stereocenters. The number of methoxy groups -OCH3 is 2. The van der Waals surface area contributed by atoms with E-state index in [1.807, 2.05) is 32.9 Å². The van der Waals surface area contributed by atoms with Crippen LogP contribution in [0.1, 0.15) is 45.2 Å². The van der Waals surface area contributed by atoms with Gasteiger partial charge in [-0.25, -0.2) is 0 Å². The van der Waals surface area contributed by atoms with E-state index in [2.05, 4.69) is 5.32 Å². The van der Waals surface area contributed by atoms with Gasteiger partial charge in [0.2, 0.25) is 5.91 Å². The average Bonchev–Trinajstić information content (AvgIpc) is 2.43. The van der Waals surface area contributed by atoms with E-state index < -0.39 is 0 Å². The zero-order valence-corrected chi connectivity index (χ0v) is 13.5. The molecule has 0 heterocycles. The summed E-state index contributed by atoms with van der Waals surface area (Å²) in [6.45, 7) is 5.75. The topological polar surface area (TPSA) is 73.6 Å². The minimum Gasteiger partial charge on any atom is -0.497 e. The molecule has 1 aromatic rings. The maximum absolute atomic E-state index is 12.0. The smallest absolute Gasteiger partial charge is 0.220 e. The van der Waals surface area contributed by atoms with Crippen molar-refractivity contribution in [3.63, 3.8) is 0 Å². The summed E-state index contributed by atoms with van der Waals surface area (Å²) in [5.41, 5.74) is 6.47. The molecule has 0 aliphatic rings. The number of carbonyl (C=O) groups excluding carboxylic acids is 1. The molecule has 1 rings (SSSR count). The molecule has 0 aliphatic carbocycles. The number of nitrogens with one attached hydrogen (secondary N) is 1. The Labute approximate surface area is 126 Å². The van der Waals surface area contributed by atoms with Crippen LogP contribution in [0.2, 0.25) is 0 Å². The molecule has 0 saturated carbocycles. The third-order valence-electron chi connectivity index (χ3n) is 3.28. The molecule has 0 aliphatic heterocycles. The zero-order chi connectivity index (χ0) is 16.0. The number of amides is 1. The van der Waals surface area contributed by atoms with E-state index in [4.69, 9.17) is 15.2 Å². The molecule has 0 spiro atoms. The lowest BCUT2D eigenvalue weighted by atomic mass is 9.99. The highest BCUT2D eigenvalue weighted by atomic mass is 16.5. The second kappa shape index (κ2) is 7.31. The van der Waals surface area contributed by atoms with E-state index >= 15 is 0 Å². The van der Waals surface area contributed by atoms with Crippen LogP contribution in [0.25, 0.3) is 0 Å². The van der Waals surface area contributed by atoms with Crippen molar-refractivity contribution in [1.29, 1.82) is 0 Å². The van der Waals surface area contributed by atoms with Gasteiger partial charge in [0.1, 0.15) is 11.5 Å². The van der Waals surface area contributed by atoms with Crippen molar-refractivity contribution in [1.82, 2.24) is 5.32 Å². The van der Waals surface area contributed by atoms with Gasteiger partial charge >= 0.3 is 0 Å². The highest BCUT2D eigenvalue weighted by molar-refractivity contribution is 5.76. The van der Waals surface area contributed by atoms with Crippen molar-refractivity contribution in [2.75, 3.05) is 14.2 Å². The van der Waals surface area contributed by atoms with Crippen molar-refractivity contribution in [3.05, 3.63) is 23.8 Å².